The van der Waals surface area contributed by atoms with Gasteiger partial charge in [-0.15, -0.1) is 0 Å². The van der Waals surface area contributed by atoms with E-state index in [9.17, 15) is 9.90 Å². The van der Waals surface area contributed by atoms with E-state index in [4.69, 9.17) is 4.74 Å². The van der Waals surface area contributed by atoms with Crippen LogP contribution in [0.3, 0.4) is 0 Å². The van der Waals surface area contributed by atoms with Gasteiger partial charge in [0.25, 0.3) is 0 Å². The number of carbonyl (C=O) groups excluding carboxylic acids is 1. The average molecular weight is 457 g/mol. The van der Waals surface area contributed by atoms with Crippen molar-refractivity contribution in [1.29, 1.82) is 0 Å². The Morgan fingerprint density at radius 1 is 1.03 bits per heavy atom. The number of hydrogen-bond donors (Lipinski definition) is 1. The number of benzene rings is 3. The van der Waals surface area contributed by atoms with Gasteiger partial charge in [0.2, 0.25) is 0 Å². The van der Waals surface area contributed by atoms with Crippen LogP contribution in [0.15, 0.2) is 72.8 Å². The molecule has 0 saturated carbocycles. The largest absolute Gasteiger partial charge is 0.491 e. The van der Waals surface area contributed by atoms with Gasteiger partial charge in [0.1, 0.15) is 18.5 Å². The first-order chi connectivity index (χ1) is 16.3. The Bertz CT molecular complexity index is 1280. The van der Waals surface area contributed by atoms with E-state index >= 15 is 0 Å². The molecule has 1 unspecified atom stereocenters. The lowest BCUT2D eigenvalue weighted by molar-refractivity contribution is 0.0744. The zero-order valence-electron chi connectivity index (χ0n) is 20.3. The molecule has 34 heavy (non-hydrogen) atoms. The van der Waals surface area contributed by atoms with Gasteiger partial charge in [-0.3, -0.25) is 9.69 Å². The minimum atomic E-state index is -0.629. The van der Waals surface area contributed by atoms with E-state index in [0.717, 1.165) is 28.8 Å². The number of aliphatic hydroxyl groups excluding tert-OH is 1. The highest BCUT2D eigenvalue weighted by Crippen LogP contribution is 2.32. The molecule has 176 valence electrons. The van der Waals surface area contributed by atoms with Crippen LogP contribution in [0.2, 0.25) is 0 Å². The molecule has 1 aromatic heterocycles. The van der Waals surface area contributed by atoms with Crippen molar-refractivity contribution in [3.8, 4) is 11.4 Å². The lowest BCUT2D eigenvalue weighted by atomic mass is 10.1. The second kappa shape index (κ2) is 10.2. The molecule has 5 heteroatoms. The molecule has 1 N–H and O–H groups in total. The molecule has 0 radical (unpaired) electrons. The van der Waals surface area contributed by atoms with Crippen LogP contribution in [0.1, 0.15) is 34.1 Å². The summed E-state index contributed by atoms with van der Waals surface area (Å²) in [5.41, 5.74) is 5.98. The van der Waals surface area contributed by atoms with Crippen LogP contribution in [0.4, 0.5) is 0 Å². The van der Waals surface area contributed by atoms with E-state index in [0.29, 0.717) is 17.9 Å². The van der Waals surface area contributed by atoms with Crippen molar-refractivity contribution in [2.24, 2.45) is 0 Å². The Balaban J connectivity index is 1.51. The molecule has 3 aromatic carbocycles. The number of aromatic nitrogens is 1. The SMILES string of the molecule is CC(=O)c1c(C)n(-c2ccc(C)cc2)c2ccc(OCC(O)CN(C)Cc3ccccc3)cc12. The number of rotatable bonds is 9. The number of hydrogen-bond acceptors (Lipinski definition) is 4. The molecule has 0 saturated heterocycles. The van der Waals surface area contributed by atoms with Crippen LogP contribution in [0, 0.1) is 13.8 Å². The monoisotopic (exact) mass is 456 g/mol. The Labute approximate surface area is 201 Å². The van der Waals surface area contributed by atoms with Crippen LogP contribution in [-0.4, -0.2) is 46.7 Å². The highest BCUT2D eigenvalue weighted by atomic mass is 16.5. The summed E-state index contributed by atoms with van der Waals surface area (Å²) in [7, 11) is 1.98. The van der Waals surface area contributed by atoms with Gasteiger partial charge in [0, 0.05) is 35.4 Å². The fraction of sp³-hybridized carbons (Fsp3) is 0.276. The van der Waals surface area contributed by atoms with Crippen LogP contribution in [0.5, 0.6) is 5.75 Å². The quantitative estimate of drug-likeness (QED) is 0.346. The standard InChI is InChI=1S/C29H32N2O3/c1-20-10-12-24(13-11-20)31-21(2)29(22(3)32)27-16-26(14-15-28(27)31)34-19-25(33)18-30(4)17-23-8-6-5-7-9-23/h5-16,25,33H,17-19H2,1-4H3. The van der Waals surface area contributed by atoms with Gasteiger partial charge in [-0.25, -0.2) is 0 Å². The summed E-state index contributed by atoms with van der Waals surface area (Å²) < 4.78 is 8.05. The lowest BCUT2D eigenvalue weighted by Crippen LogP contribution is -2.32. The fourth-order valence-electron chi connectivity index (χ4n) is 4.52. The first kappa shape index (κ1) is 23.7. The maximum Gasteiger partial charge on any atom is 0.162 e. The number of aliphatic hydroxyl groups is 1. The molecule has 0 fully saturated rings. The highest BCUT2D eigenvalue weighted by molar-refractivity contribution is 6.09. The number of aryl methyl sites for hydroxylation is 1. The van der Waals surface area contributed by atoms with Crippen molar-refractivity contribution >= 4 is 16.7 Å². The number of ketones is 1. The molecule has 0 aliphatic carbocycles. The van der Waals surface area contributed by atoms with Crippen molar-refractivity contribution in [3.63, 3.8) is 0 Å². The number of carbonyl (C=O) groups is 1. The molecular weight excluding hydrogens is 424 g/mol. The molecular formula is C29H32N2O3. The van der Waals surface area contributed by atoms with Gasteiger partial charge in [-0.2, -0.15) is 0 Å². The summed E-state index contributed by atoms with van der Waals surface area (Å²) in [6.45, 7) is 7.07. The zero-order valence-corrected chi connectivity index (χ0v) is 20.3. The third kappa shape index (κ3) is 5.22. The molecule has 4 rings (SSSR count). The minimum absolute atomic E-state index is 0.0214. The molecule has 4 aromatic rings. The third-order valence-corrected chi connectivity index (χ3v) is 6.08. The van der Waals surface area contributed by atoms with Gasteiger partial charge < -0.3 is 14.4 Å². The summed E-state index contributed by atoms with van der Waals surface area (Å²) in [6.07, 6.45) is -0.629. The molecule has 0 bridgehead atoms. The first-order valence-electron chi connectivity index (χ1n) is 11.6. The smallest absolute Gasteiger partial charge is 0.162 e. The maximum absolute atomic E-state index is 12.5. The Morgan fingerprint density at radius 3 is 2.41 bits per heavy atom. The van der Waals surface area contributed by atoms with Gasteiger partial charge in [0.15, 0.2) is 5.78 Å². The Kier molecular flexibility index (Phi) is 7.15. The molecule has 5 nitrogen and oxygen atoms in total. The van der Waals surface area contributed by atoms with Crippen molar-refractivity contribution in [3.05, 3.63) is 95.2 Å². The topological polar surface area (TPSA) is 54.7 Å². The number of likely N-dealkylation sites (N-methyl/N-ethyl adjacent to an activating group) is 1. The summed E-state index contributed by atoms with van der Waals surface area (Å²) in [5, 5.41) is 11.4. The summed E-state index contributed by atoms with van der Waals surface area (Å²) >= 11 is 0. The van der Waals surface area contributed by atoms with E-state index in [-0.39, 0.29) is 12.4 Å². The average Bonchev–Trinajstić information content (AvgIpc) is 3.10. The molecule has 1 heterocycles. The molecule has 0 aliphatic heterocycles. The van der Waals surface area contributed by atoms with E-state index in [1.54, 1.807) is 6.92 Å². The van der Waals surface area contributed by atoms with Gasteiger partial charge in [0.05, 0.1) is 5.52 Å². The Hall–Kier alpha value is -3.41. The lowest BCUT2D eigenvalue weighted by Gasteiger charge is -2.21. The van der Waals surface area contributed by atoms with Gasteiger partial charge >= 0.3 is 0 Å². The number of fused-ring (bicyclic) bond motifs is 1. The maximum atomic E-state index is 12.5. The van der Waals surface area contributed by atoms with E-state index < -0.39 is 6.10 Å². The number of nitrogens with zero attached hydrogens (tertiary/aromatic N) is 2. The fourth-order valence-corrected chi connectivity index (χ4v) is 4.52. The predicted octanol–water partition coefficient (Wildman–Crippen LogP) is 5.32. The normalized spacial score (nSPS) is 12.3. The van der Waals surface area contributed by atoms with E-state index in [1.165, 1.54) is 11.1 Å². The first-order valence-corrected chi connectivity index (χ1v) is 11.6. The highest BCUT2D eigenvalue weighted by Gasteiger charge is 2.19. The Morgan fingerprint density at radius 2 is 1.74 bits per heavy atom. The van der Waals surface area contributed by atoms with Crippen LogP contribution in [0.25, 0.3) is 16.6 Å². The number of Topliss-reactive ketones (excluding diaryl/α,β-unsaturated/α-hetero) is 1. The van der Waals surface area contributed by atoms with E-state index in [2.05, 4.69) is 52.8 Å². The summed E-state index contributed by atoms with van der Waals surface area (Å²) in [6, 6.07) is 24.2. The van der Waals surface area contributed by atoms with Crippen molar-refractivity contribution in [2.75, 3.05) is 20.2 Å². The summed E-state index contributed by atoms with van der Waals surface area (Å²) in [5.74, 6) is 0.661. The third-order valence-electron chi connectivity index (χ3n) is 6.08. The van der Waals surface area contributed by atoms with Crippen molar-refractivity contribution < 1.29 is 14.6 Å². The molecule has 0 spiro atoms. The van der Waals surface area contributed by atoms with E-state index in [1.807, 2.05) is 50.4 Å². The van der Waals surface area contributed by atoms with Crippen molar-refractivity contribution in [2.45, 2.75) is 33.4 Å². The van der Waals surface area contributed by atoms with Crippen LogP contribution < -0.4 is 4.74 Å². The minimum Gasteiger partial charge on any atom is -0.491 e. The second-order valence-electron chi connectivity index (χ2n) is 9.01. The molecule has 1 atom stereocenters. The number of ether oxygens (including phenoxy) is 1. The van der Waals surface area contributed by atoms with Crippen LogP contribution >= 0.6 is 0 Å². The van der Waals surface area contributed by atoms with Crippen LogP contribution in [-0.2, 0) is 6.54 Å². The predicted molar refractivity (Wildman–Crippen MR) is 137 cm³/mol. The van der Waals surface area contributed by atoms with Gasteiger partial charge in [-0.05, 0) is 63.7 Å². The second-order valence-corrected chi connectivity index (χ2v) is 9.01. The van der Waals surface area contributed by atoms with Gasteiger partial charge in [-0.1, -0.05) is 48.0 Å². The summed E-state index contributed by atoms with van der Waals surface area (Å²) in [4.78, 5) is 14.6. The molecule has 0 aliphatic rings. The zero-order chi connectivity index (χ0) is 24.2. The molecule has 0 amide bonds. The van der Waals surface area contributed by atoms with Crippen molar-refractivity contribution in [1.82, 2.24) is 9.47 Å².